The van der Waals surface area contributed by atoms with E-state index in [1.54, 1.807) is 20.8 Å². The number of fused-ring (bicyclic) bond motifs is 1. The molecule has 1 heterocycles. The first-order valence-electron chi connectivity index (χ1n) is 8.12. The van der Waals surface area contributed by atoms with Gasteiger partial charge in [0.1, 0.15) is 18.5 Å². The molecule has 1 aromatic carbocycles. The Morgan fingerprint density at radius 3 is 2.64 bits per heavy atom. The van der Waals surface area contributed by atoms with Crippen molar-refractivity contribution in [2.45, 2.75) is 38.5 Å². The third-order valence-electron chi connectivity index (χ3n) is 3.49. The van der Waals surface area contributed by atoms with Gasteiger partial charge in [-0.25, -0.2) is 4.79 Å². The minimum absolute atomic E-state index is 0.0204. The highest BCUT2D eigenvalue weighted by Crippen LogP contribution is 2.25. The Balaban J connectivity index is 2.22. The second-order valence-corrected chi connectivity index (χ2v) is 6.74. The molecule has 0 bridgehead atoms. The molecule has 0 saturated heterocycles. The summed E-state index contributed by atoms with van der Waals surface area (Å²) in [5, 5.41) is 13.4. The summed E-state index contributed by atoms with van der Waals surface area (Å²) in [6, 6.07) is 9.01. The Bertz CT molecular complexity index is 659. The van der Waals surface area contributed by atoms with Crippen LogP contribution in [-0.4, -0.2) is 48.3 Å². The predicted octanol–water partition coefficient (Wildman–Crippen LogP) is 2.72. The van der Waals surface area contributed by atoms with E-state index < -0.39 is 23.8 Å². The number of alkyl carbamates (subject to hydrolysis) is 1. The van der Waals surface area contributed by atoms with Crippen LogP contribution in [0.15, 0.2) is 30.3 Å². The van der Waals surface area contributed by atoms with Crippen molar-refractivity contribution in [3.63, 3.8) is 0 Å². The van der Waals surface area contributed by atoms with E-state index in [4.69, 9.17) is 14.2 Å². The molecule has 7 heteroatoms. The van der Waals surface area contributed by atoms with Crippen LogP contribution < -0.4 is 5.32 Å². The number of hydrogen-bond acceptors (Lipinski definition) is 5. The maximum Gasteiger partial charge on any atom is 0.408 e. The van der Waals surface area contributed by atoms with Crippen molar-refractivity contribution in [2.24, 2.45) is 0 Å². The second-order valence-electron chi connectivity index (χ2n) is 6.74. The van der Waals surface area contributed by atoms with Crippen LogP contribution in [0.5, 0.6) is 0 Å². The van der Waals surface area contributed by atoms with E-state index in [0.29, 0.717) is 0 Å². The molecule has 0 fully saturated rings. The van der Waals surface area contributed by atoms with Crippen LogP contribution >= 0.6 is 0 Å². The molecule has 2 aromatic rings. The van der Waals surface area contributed by atoms with E-state index in [0.717, 1.165) is 16.6 Å². The molecular weight excluding hydrogens is 324 g/mol. The highest BCUT2D eigenvalue weighted by Gasteiger charge is 2.28. The normalized spacial score (nSPS) is 14.3. The Morgan fingerprint density at radius 2 is 2.04 bits per heavy atom. The van der Waals surface area contributed by atoms with Gasteiger partial charge in [-0.15, -0.1) is 0 Å². The maximum atomic E-state index is 12.1. The van der Waals surface area contributed by atoms with Gasteiger partial charge < -0.3 is 29.6 Å². The van der Waals surface area contributed by atoms with E-state index >= 15 is 0 Å². The summed E-state index contributed by atoms with van der Waals surface area (Å²) in [5.74, 6) is 0. The van der Waals surface area contributed by atoms with Gasteiger partial charge in [0.2, 0.25) is 0 Å². The number of aromatic nitrogens is 1. The summed E-state index contributed by atoms with van der Waals surface area (Å²) in [5.41, 5.74) is 1.04. The fourth-order valence-electron chi connectivity index (χ4n) is 2.49. The van der Waals surface area contributed by atoms with Gasteiger partial charge in [0.15, 0.2) is 0 Å². The Kier molecular flexibility index (Phi) is 6.41. The largest absolute Gasteiger partial charge is 0.444 e. The van der Waals surface area contributed by atoms with Crippen LogP contribution in [0.25, 0.3) is 10.9 Å². The van der Waals surface area contributed by atoms with E-state index in [2.05, 4.69) is 10.3 Å². The molecule has 3 N–H and O–H groups in total. The smallest absolute Gasteiger partial charge is 0.408 e. The van der Waals surface area contributed by atoms with Crippen LogP contribution in [0.4, 0.5) is 4.79 Å². The Morgan fingerprint density at radius 1 is 1.32 bits per heavy atom. The van der Waals surface area contributed by atoms with Crippen molar-refractivity contribution in [1.82, 2.24) is 10.3 Å². The van der Waals surface area contributed by atoms with Crippen LogP contribution in [-0.2, 0) is 14.2 Å². The lowest BCUT2D eigenvalue weighted by Gasteiger charge is -2.27. The van der Waals surface area contributed by atoms with Crippen molar-refractivity contribution in [2.75, 3.05) is 20.5 Å². The number of amides is 1. The summed E-state index contributed by atoms with van der Waals surface area (Å²) in [6.07, 6.45) is -1.24. The number of ether oxygens (including phenoxy) is 3. The first kappa shape index (κ1) is 19.2. The lowest BCUT2D eigenvalue weighted by Crippen LogP contribution is -2.45. The van der Waals surface area contributed by atoms with Crippen LogP contribution in [0.1, 0.15) is 32.6 Å². The summed E-state index contributed by atoms with van der Waals surface area (Å²) >= 11 is 0. The molecule has 25 heavy (non-hydrogen) atoms. The van der Waals surface area contributed by atoms with Crippen molar-refractivity contribution in [1.29, 1.82) is 0 Å². The lowest BCUT2D eigenvalue weighted by atomic mass is 10.1. The molecule has 138 valence electrons. The number of methoxy groups -OCH3 is 1. The van der Waals surface area contributed by atoms with Gasteiger partial charge in [0.05, 0.1) is 12.6 Å². The molecule has 0 saturated carbocycles. The predicted molar refractivity (Wildman–Crippen MR) is 94.2 cm³/mol. The standard InChI is InChI=1S/C18H26N2O5/c1-18(2,3)25-17(22)20-15(10-21)16(24-11-23-4)14-9-12-7-5-6-8-13(12)19-14/h5-9,15-16,19,21H,10-11H2,1-4H3,(H,20,22)/t15-,16+/m0/s1. The Labute approximate surface area is 147 Å². The zero-order chi connectivity index (χ0) is 18.4. The van der Waals surface area contributed by atoms with Crippen LogP contribution in [0.2, 0.25) is 0 Å². The fourth-order valence-corrected chi connectivity index (χ4v) is 2.49. The highest BCUT2D eigenvalue weighted by atomic mass is 16.7. The number of benzene rings is 1. The van der Waals surface area contributed by atoms with Crippen molar-refractivity contribution in [3.8, 4) is 0 Å². The molecular formula is C18H26N2O5. The zero-order valence-electron chi connectivity index (χ0n) is 15.0. The van der Waals surface area contributed by atoms with E-state index in [1.165, 1.54) is 7.11 Å². The van der Waals surface area contributed by atoms with Gasteiger partial charge in [-0.3, -0.25) is 0 Å². The van der Waals surface area contributed by atoms with Crippen LogP contribution in [0, 0.1) is 0 Å². The van der Waals surface area contributed by atoms with E-state index in [1.807, 2.05) is 30.3 Å². The summed E-state index contributed by atoms with van der Waals surface area (Å²) in [7, 11) is 1.51. The Hall–Kier alpha value is -2.09. The number of carbonyl (C=O) groups excluding carboxylic acids is 1. The molecule has 0 radical (unpaired) electrons. The molecule has 2 rings (SSSR count). The van der Waals surface area contributed by atoms with Crippen molar-refractivity contribution >= 4 is 17.0 Å². The fraction of sp³-hybridized carbons (Fsp3) is 0.500. The topological polar surface area (TPSA) is 92.8 Å². The molecule has 0 unspecified atom stereocenters. The van der Waals surface area contributed by atoms with Gasteiger partial charge in [0, 0.05) is 18.3 Å². The average Bonchev–Trinajstić information content (AvgIpc) is 2.95. The molecule has 1 aromatic heterocycles. The number of H-pyrrole nitrogens is 1. The third kappa shape index (κ3) is 5.45. The van der Waals surface area contributed by atoms with E-state index in [9.17, 15) is 9.90 Å². The third-order valence-corrected chi connectivity index (χ3v) is 3.49. The minimum Gasteiger partial charge on any atom is -0.444 e. The van der Waals surface area contributed by atoms with Gasteiger partial charge in [0.25, 0.3) is 0 Å². The summed E-state index contributed by atoms with van der Waals surface area (Å²) < 4.78 is 16.0. The van der Waals surface area contributed by atoms with Gasteiger partial charge in [-0.1, -0.05) is 18.2 Å². The molecule has 0 spiro atoms. The van der Waals surface area contributed by atoms with Crippen LogP contribution in [0.3, 0.4) is 0 Å². The monoisotopic (exact) mass is 350 g/mol. The minimum atomic E-state index is -0.696. The number of para-hydroxylation sites is 1. The second kappa shape index (κ2) is 8.33. The van der Waals surface area contributed by atoms with Gasteiger partial charge >= 0.3 is 6.09 Å². The van der Waals surface area contributed by atoms with Gasteiger partial charge in [-0.2, -0.15) is 0 Å². The molecule has 1 amide bonds. The number of carbonyl (C=O) groups is 1. The maximum absolute atomic E-state index is 12.1. The average molecular weight is 350 g/mol. The lowest BCUT2D eigenvalue weighted by molar-refractivity contribution is -0.0918. The van der Waals surface area contributed by atoms with Crippen molar-refractivity contribution < 1.29 is 24.1 Å². The molecule has 0 aliphatic carbocycles. The SMILES string of the molecule is COCO[C@H](c1cc2ccccc2[nH]1)[C@H](CO)NC(=O)OC(C)(C)C. The summed E-state index contributed by atoms with van der Waals surface area (Å²) in [6.45, 7) is 5.03. The molecule has 2 atom stereocenters. The quantitative estimate of drug-likeness (QED) is 0.668. The van der Waals surface area contributed by atoms with Crippen molar-refractivity contribution in [3.05, 3.63) is 36.0 Å². The van der Waals surface area contributed by atoms with Gasteiger partial charge in [-0.05, 0) is 38.3 Å². The summed E-state index contributed by atoms with van der Waals surface area (Å²) in [4.78, 5) is 15.3. The number of hydrogen-bond donors (Lipinski definition) is 3. The number of aliphatic hydroxyl groups is 1. The number of aromatic amines is 1. The number of nitrogens with one attached hydrogen (secondary N) is 2. The first-order chi connectivity index (χ1) is 11.8. The highest BCUT2D eigenvalue weighted by molar-refractivity contribution is 5.80. The molecule has 0 aliphatic rings. The van der Waals surface area contributed by atoms with E-state index in [-0.39, 0.29) is 13.4 Å². The first-order valence-corrected chi connectivity index (χ1v) is 8.12. The number of aliphatic hydroxyl groups excluding tert-OH is 1. The number of rotatable bonds is 7. The molecule has 7 nitrogen and oxygen atoms in total. The zero-order valence-corrected chi connectivity index (χ0v) is 15.0. The molecule has 0 aliphatic heterocycles.